The van der Waals surface area contributed by atoms with E-state index in [0.29, 0.717) is 16.3 Å². The third kappa shape index (κ3) is 1.10. The van der Waals surface area contributed by atoms with E-state index in [0.717, 1.165) is 0 Å². The molecule has 0 N–H and O–H groups in total. The zero-order valence-corrected chi connectivity index (χ0v) is 6.88. The van der Waals surface area contributed by atoms with E-state index in [1.807, 2.05) is 0 Å². The Labute approximate surface area is 74.8 Å². The number of fused-ring (bicyclic) bond motifs is 1. The fourth-order valence-corrected chi connectivity index (χ4v) is 1.27. The predicted molar refractivity (Wildman–Crippen MR) is 46.7 cm³/mol. The van der Waals surface area contributed by atoms with Gasteiger partial charge in [0.25, 0.3) is 0 Å². The van der Waals surface area contributed by atoms with E-state index in [9.17, 15) is 4.79 Å². The van der Waals surface area contributed by atoms with Gasteiger partial charge in [-0.1, -0.05) is 11.6 Å². The lowest BCUT2D eigenvalue weighted by Crippen LogP contribution is -2.05. The molecule has 2 nitrogen and oxygen atoms in total. The molecule has 59 valence electrons. The molecule has 0 aliphatic carbocycles. The van der Waals surface area contributed by atoms with Crippen LogP contribution in [0.2, 0.25) is 5.02 Å². The lowest BCUT2D eigenvalue weighted by molar-refractivity contribution is 0.104. The van der Waals surface area contributed by atoms with E-state index < -0.39 is 0 Å². The lowest BCUT2D eigenvalue weighted by Gasteiger charge is -2.08. The molecule has 0 amide bonds. The minimum Gasteiger partial charge on any atom is -0.289 e. The number of carbonyl (C=O) groups excluding carboxylic acids is 1. The van der Waals surface area contributed by atoms with E-state index in [-0.39, 0.29) is 5.78 Å². The van der Waals surface area contributed by atoms with Gasteiger partial charge in [-0.15, -0.1) is 0 Å². The molecule has 1 radical (unpaired) electrons. The van der Waals surface area contributed by atoms with Crippen molar-refractivity contribution in [2.45, 2.75) is 0 Å². The molecule has 1 heterocycles. The first-order valence-electron chi connectivity index (χ1n) is 3.48. The van der Waals surface area contributed by atoms with Crippen molar-refractivity contribution >= 4 is 23.1 Å². The highest BCUT2D eigenvalue weighted by Gasteiger charge is 2.13. The summed E-state index contributed by atoms with van der Waals surface area (Å²) in [5.74, 6) is -0.0394. The molecule has 12 heavy (non-hydrogen) atoms. The first-order chi connectivity index (χ1) is 5.77. The summed E-state index contributed by atoms with van der Waals surface area (Å²) in [7, 11) is 0. The van der Waals surface area contributed by atoms with Gasteiger partial charge in [-0.25, -0.2) is 0 Å². The normalized spacial score (nSPS) is 13.9. The minimum atomic E-state index is -0.0394. The van der Waals surface area contributed by atoms with E-state index in [1.54, 1.807) is 18.2 Å². The third-order valence-electron chi connectivity index (χ3n) is 1.66. The molecule has 3 heteroatoms. The highest BCUT2D eigenvalue weighted by molar-refractivity contribution is 6.31. The van der Waals surface area contributed by atoms with Crippen molar-refractivity contribution in [1.82, 2.24) is 5.32 Å². The number of allylic oxidation sites excluding steroid dienone is 1. The van der Waals surface area contributed by atoms with Gasteiger partial charge >= 0.3 is 0 Å². The van der Waals surface area contributed by atoms with Gasteiger partial charge in [0, 0.05) is 22.9 Å². The molecule has 0 spiro atoms. The van der Waals surface area contributed by atoms with Crippen LogP contribution in [0.15, 0.2) is 30.5 Å². The molecule has 0 bridgehead atoms. The Morgan fingerprint density at radius 2 is 2.17 bits per heavy atom. The zero-order valence-electron chi connectivity index (χ0n) is 6.12. The second kappa shape index (κ2) is 2.64. The fourth-order valence-electron chi connectivity index (χ4n) is 1.09. The summed E-state index contributed by atoms with van der Waals surface area (Å²) in [6, 6.07) is 5.08. The summed E-state index contributed by atoms with van der Waals surface area (Å²) in [5.41, 5.74) is 1.26. The van der Waals surface area contributed by atoms with Crippen molar-refractivity contribution in [3.05, 3.63) is 41.1 Å². The minimum absolute atomic E-state index is 0.0394. The van der Waals surface area contributed by atoms with Crippen molar-refractivity contribution in [2.24, 2.45) is 0 Å². The average Bonchev–Trinajstić information content (AvgIpc) is 2.07. The van der Waals surface area contributed by atoms with Crippen molar-refractivity contribution in [3.63, 3.8) is 0 Å². The Morgan fingerprint density at radius 3 is 3.00 bits per heavy atom. The maximum atomic E-state index is 11.2. The quantitative estimate of drug-likeness (QED) is 0.600. The van der Waals surface area contributed by atoms with E-state index in [4.69, 9.17) is 11.6 Å². The van der Waals surface area contributed by atoms with Crippen molar-refractivity contribution in [3.8, 4) is 0 Å². The van der Waals surface area contributed by atoms with E-state index >= 15 is 0 Å². The predicted octanol–water partition coefficient (Wildman–Crippen LogP) is 2.29. The molecule has 1 aliphatic rings. The number of ketones is 1. The number of hydrogen-bond acceptors (Lipinski definition) is 1. The molecule has 0 atom stereocenters. The number of benzene rings is 1. The van der Waals surface area contributed by atoms with Crippen LogP contribution in [-0.2, 0) is 0 Å². The largest absolute Gasteiger partial charge is 0.289 e. The Morgan fingerprint density at radius 1 is 1.33 bits per heavy atom. The van der Waals surface area contributed by atoms with Crippen LogP contribution in [-0.4, -0.2) is 5.78 Å². The van der Waals surface area contributed by atoms with Gasteiger partial charge in [-0.05, 0) is 18.2 Å². The Hall–Kier alpha value is -1.28. The summed E-state index contributed by atoms with van der Waals surface area (Å²) in [5, 5.41) is 4.59. The monoisotopic (exact) mass is 178 g/mol. The van der Waals surface area contributed by atoms with Crippen LogP contribution in [0, 0.1) is 0 Å². The third-order valence-corrected chi connectivity index (χ3v) is 1.90. The molecular weight excluding hydrogens is 174 g/mol. The maximum Gasteiger partial charge on any atom is 0.189 e. The highest BCUT2D eigenvalue weighted by Crippen LogP contribution is 2.23. The molecule has 0 aromatic heterocycles. The van der Waals surface area contributed by atoms with Crippen LogP contribution >= 0.6 is 11.6 Å². The second-order valence-corrected chi connectivity index (χ2v) is 2.91. The smallest absolute Gasteiger partial charge is 0.189 e. The van der Waals surface area contributed by atoms with Crippen LogP contribution in [0.5, 0.6) is 0 Å². The Bertz CT molecular complexity index is 371. The number of rotatable bonds is 0. The molecule has 1 aliphatic heterocycles. The van der Waals surface area contributed by atoms with Crippen LogP contribution in [0.3, 0.4) is 0 Å². The van der Waals surface area contributed by atoms with Crippen LogP contribution in [0.25, 0.3) is 0 Å². The number of nitrogens with zero attached hydrogens (tertiary/aromatic N) is 1. The van der Waals surface area contributed by atoms with Crippen LogP contribution in [0.1, 0.15) is 10.4 Å². The van der Waals surface area contributed by atoms with E-state index in [2.05, 4.69) is 5.32 Å². The van der Waals surface area contributed by atoms with Crippen LogP contribution in [0.4, 0.5) is 5.69 Å². The van der Waals surface area contributed by atoms with Gasteiger partial charge in [-0.2, -0.15) is 0 Å². The van der Waals surface area contributed by atoms with Gasteiger partial charge in [0.1, 0.15) is 0 Å². The molecule has 0 fully saturated rings. The summed E-state index contributed by atoms with van der Waals surface area (Å²) in [6.45, 7) is 0. The SMILES string of the molecule is O=C1C=C[N]c2ccc(Cl)cc21. The molecule has 0 saturated heterocycles. The fraction of sp³-hybridized carbons (Fsp3) is 0. The van der Waals surface area contributed by atoms with Gasteiger partial charge < -0.3 is 0 Å². The van der Waals surface area contributed by atoms with Crippen LogP contribution < -0.4 is 5.32 Å². The first-order valence-corrected chi connectivity index (χ1v) is 3.86. The van der Waals surface area contributed by atoms with Gasteiger partial charge in [0.2, 0.25) is 0 Å². The second-order valence-electron chi connectivity index (χ2n) is 2.47. The molecule has 0 unspecified atom stereocenters. The molecule has 1 aromatic rings. The number of halogens is 1. The summed E-state index contributed by atoms with van der Waals surface area (Å²) < 4.78 is 0. The van der Waals surface area contributed by atoms with Crippen molar-refractivity contribution in [1.29, 1.82) is 0 Å². The lowest BCUT2D eigenvalue weighted by atomic mass is 10.1. The summed E-state index contributed by atoms with van der Waals surface area (Å²) in [6.07, 6.45) is 2.93. The maximum absolute atomic E-state index is 11.2. The zero-order chi connectivity index (χ0) is 8.55. The van der Waals surface area contributed by atoms with Gasteiger partial charge in [0.05, 0.1) is 5.69 Å². The highest BCUT2D eigenvalue weighted by atomic mass is 35.5. The number of hydrogen-bond donors (Lipinski definition) is 0. The molecule has 0 saturated carbocycles. The summed E-state index contributed by atoms with van der Waals surface area (Å²) >= 11 is 5.72. The Kier molecular flexibility index (Phi) is 1.62. The number of carbonyl (C=O) groups is 1. The van der Waals surface area contributed by atoms with Gasteiger partial charge in [0.15, 0.2) is 5.78 Å². The standard InChI is InChI=1S/C9H5ClNO/c10-6-1-2-8-7(5-6)9(12)3-4-11-8/h1-5H. The van der Waals surface area contributed by atoms with Gasteiger partial charge in [-0.3, -0.25) is 10.1 Å². The Balaban J connectivity index is 2.59. The first kappa shape index (κ1) is 7.37. The van der Waals surface area contributed by atoms with Crippen molar-refractivity contribution in [2.75, 3.05) is 0 Å². The molecular formula is C9H5ClNO. The summed E-state index contributed by atoms with van der Waals surface area (Å²) in [4.78, 5) is 11.2. The van der Waals surface area contributed by atoms with Crippen molar-refractivity contribution < 1.29 is 4.79 Å². The van der Waals surface area contributed by atoms with E-state index in [1.165, 1.54) is 12.3 Å². The molecule has 2 rings (SSSR count). The topological polar surface area (TPSA) is 31.2 Å². The molecule has 1 aromatic carbocycles. The average molecular weight is 179 g/mol.